The first-order valence-electron chi connectivity index (χ1n) is 24.7. The predicted octanol–water partition coefficient (Wildman–Crippen LogP) is 16.0. The van der Waals surface area contributed by atoms with Gasteiger partial charge in [-0.3, -0.25) is 9.59 Å². The second-order valence-corrected chi connectivity index (χ2v) is 16.9. The minimum Gasteiger partial charge on any atom is -0.462 e. The largest absolute Gasteiger partial charge is 0.462 e. The molecule has 55 heavy (non-hydrogen) atoms. The zero-order chi connectivity index (χ0) is 40.0. The second-order valence-electron chi connectivity index (χ2n) is 16.9. The van der Waals surface area contributed by atoms with Crippen molar-refractivity contribution < 1.29 is 24.2 Å². The Kier molecular flexibility index (Phi) is 45.9. The Labute approximate surface area is 343 Å². The van der Waals surface area contributed by atoms with E-state index >= 15 is 0 Å². The fourth-order valence-electron chi connectivity index (χ4n) is 7.55. The zero-order valence-electron chi connectivity index (χ0n) is 37.2. The van der Waals surface area contributed by atoms with Crippen LogP contribution in [0.15, 0.2) is 12.2 Å². The van der Waals surface area contributed by atoms with E-state index in [2.05, 4.69) is 26.0 Å². The van der Waals surface area contributed by atoms with Gasteiger partial charge in [-0.2, -0.15) is 0 Å². The first kappa shape index (κ1) is 53.6. The molecular formula is C50H96O5. The first-order valence-corrected chi connectivity index (χ1v) is 24.7. The van der Waals surface area contributed by atoms with Gasteiger partial charge >= 0.3 is 11.9 Å². The van der Waals surface area contributed by atoms with Crippen molar-refractivity contribution in [3.05, 3.63) is 12.2 Å². The standard InChI is InChI=1S/C50H96O5/c1-3-5-7-9-11-13-15-17-19-21-22-23-24-25-26-27-28-29-31-33-35-37-39-41-43-45-50(53)55-48(46-51)47-54-49(52)44-42-40-38-36-34-32-30-20-18-16-14-12-10-8-6-4-2/h21-22,48,51H,3-20,23-47H2,1-2H3/b22-21-. The number of aliphatic hydroxyl groups is 1. The number of carbonyl (C=O) groups is 2. The Morgan fingerprint density at radius 3 is 0.982 bits per heavy atom. The van der Waals surface area contributed by atoms with Gasteiger partial charge in [0, 0.05) is 12.8 Å². The summed E-state index contributed by atoms with van der Waals surface area (Å²) in [6.07, 6.45) is 55.9. The van der Waals surface area contributed by atoms with Gasteiger partial charge in [0.15, 0.2) is 6.10 Å². The van der Waals surface area contributed by atoms with E-state index < -0.39 is 6.10 Å². The van der Waals surface area contributed by atoms with Crippen LogP contribution in [-0.2, 0) is 19.1 Å². The van der Waals surface area contributed by atoms with Crippen LogP contribution in [0.25, 0.3) is 0 Å². The highest BCUT2D eigenvalue weighted by Crippen LogP contribution is 2.16. The molecule has 0 aromatic carbocycles. The summed E-state index contributed by atoms with van der Waals surface area (Å²) in [5.74, 6) is -0.573. The van der Waals surface area contributed by atoms with E-state index in [1.165, 1.54) is 218 Å². The maximum absolute atomic E-state index is 12.2. The van der Waals surface area contributed by atoms with Crippen molar-refractivity contribution in [2.45, 2.75) is 283 Å². The van der Waals surface area contributed by atoms with Gasteiger partial charge in [0.05, 0.1) is 6.61 Å². The molecule has 5 nitrogen and oxygen atoms in total. The molecule has 0 aliphatic carbocycles. The first-order chi connectivity index (χ1) is 27.1. The van der Waals surface area contributed by atoms with Crippen molar-refractivity contribution in [2.24, 2.45) is 0 Å². The monoisotopic (exact) mass is 777 g/mol. The number of ether oxygens (including phenoxy) is 2. The highest BCUT2D eigenvalue weighted by molar-refractivity contribution is 5.70. The maximum Gasteiger partial charge on any atom is 0.306 e. The molecule has 1 N–H and O–H groups in total. The molecule has 0 rings (SSSR count). The molecule has 0 saturated carbocycles. The summed E-state index contributed by atoms with van der Waals surface area (Å²) in [5.41, 5.74) is 0. The molecule has 0 radical (unpaired) electrons. The fraction of sp³-hybridized carbons (Fsp3) is 0.920. The topological polar surface area (TPSA) is 72.8 Å². The summed E-state index contributed by atoms with van der Waals surface area (Å²) in [6, 6.07) is 0. The van der Waals surface area contributed by atoms with Crippen LogP contribution in [-0.4, -0.2) is 36.4 Å². The van der Waals surface area contributed by atoms with E-state index in [4.69, 9.17) is 9.47 Å². The number of aliphatic hydroxyl groups excluding tert-OH is 1. The number of unbranched alkanes of at least 4 members (excludes halogenated alkanes) is 36. The van der Waals surface area contributed by atoms with Gasteiger partial charge in [-0.25, -0.2) is 0 Å². The molecule has 0 aromatic heterocycles. The summed E-state index contributed by atoms with van der Waals surface area (Å²) < 4.78 is 10.7. The number of rotatable bonds is 46. The highest BCUT2D eigenvalue weighted by Gasteiger charge is 2.16. The normalized spacial score (nSPS) is 12.1. The zero-order valence-corrected chi connectivity index (χ0v) is 37.2. The summed E-state index contributed by atoms with van der Waals surface area (Å²) in [7, 11) is 0. The highest BCUT2D eigenvalue weighted by atomic mass is 16.6. The summed E-state index contributed by atoms with van der Waals surface area (Å²) >= 11 is 0. The third-order valence-corrected chi connectivity index (χ3v) is 11.3. The van der Waals surface area contributed by atoms with Crippen LogP contribution in [0.4, 0.5) is 0 Å². The summed E-state index contributed by atoms with van der Waals surface area (Å²) in [6.45, 7) is 4.18. The third-order valence-electron chi connectivity index (χ3n) is 11.3. The van der Waals surface area contributed by atoms with Gasteiger partial charge in [-0.05, 0) is 38.5 Å². The Bertz CT molecular complexity index is 795. The van der Waals surface area contributed by atoms with Crippen LogP contribution < -0.4 is 0 Å². The van der Waals surface area contributed by atoms with E-state index in [0.29, 0.717) is 12.8 Å². The Morgan fingerprint density at radius 1 is 0.400 bits per heavy atom. The number of allylic oxidation sites excluding steroid dienone is 2. The van der Waals surface area contributed by atoms with Crippen molar-refractivity contribution in [3.63, 3.8) is 0 Å². The maximum atomic E-state index is 12.2. The molecule has 0 heterocycles. The van der Waals surface area contributed by atoms with Crippen LogP contribution in [0.1, 0.15) is 277 Å². The molecule has 0 fully saturated rings. The van der Waals surface area contributed by atoms with Crippen molar-refractivity contribution >= 4 is 11.9 Å². The quantitative estimate of drug-likeness (QED) is 0.0379. The molecule has 0 aromatic rings. The van der Waals surface area contributed by atoms with Gasteiger partial charge in [-0.1, -0.05) is 238 Å². The van der Waals surface area contributed by atoms with Crippen LogP contribution in [0, 0.1) is 0 Å². The van der Waals surface area contributed by atoms with Crippen LogP contribution in [0.2, 0.25) is 0 Å². The van der Waals surface area contributed by atoms with Gasteiger partial charge < -0.3 is 14.6 Å². The molecule has 1 unspecified atom stereocenters. The van der Waals surface area contributed by atoms with E-state index in [0.717, 1.165) is 32.1 Å². The molecular weight excluding hydrogens is 681 g/mol. The molecule has 0 saturated heterocycles. The summed E-state index contributed by atoms with van der Waals surface area (Å²) in [5, 5.41) is 9.61. The third kappa shape index (κ3) is 45.2. The Morgan fingerprint density at radius 2 is 0.673 bits per heavy atom. The van der Waals surface area contributed by atoms with Crippen LogP contribution in [0.5, 0.6) is 0 Å². The molecule has 0 aliphatic heterocycles. The average Bonchev–Trinajstić information content (AvgIpc) is 3.19. The number of esters is 2. The molecule has 1 atom stereocenters. The van der Waals surface area contributed by atoms with E-state index in [-0.39, 0.29) is 25.2 Å². The second kappa shape index (κ2) is 47.0. The molecule has 326 valence electrons. The molecule has 0 bridgehead atoms. The van der Waals surface area contributed by atoms with Gasteiger partial charge in [0.2, 0.25) is 0 Å². The Hall–Kier alpha value is -1.36. The minimum atomic E-state index is -0.765. The van der Waals surface area contributed by atoms with Crippen LogP contribution in [0.3, 0.4) is 0 Å². The average molecular weight is 777 g/mol. The van der Waals surface area contributed by atoms with Gasteiger partial charge in [0.1, 0.15) is 6.61 Å². The van der Waals surface area contributed by atoms with Crippen molar-refractivity contribution in [3.8, 4) is 0 Å². The lowest BCUT2D eigenvalue weighted by molar-refractivity contribution is -0.161. The molecule has 0 amide bonds. The Balaban J connectivity index is 3.44. The van der Waals surface area contributed by atoms with E-state index in [9.17, 15) is 14.7 Å². The van der Waals surface area contributed by atoms with Crippen molar-refractivity contribution in [2.75, 3.05) is 13.2 Å². The van der Waals surface area contributed by atoms with Gasteiger partial charge in [0.25, 0.3) is 0 Å². The lowest BCUT2D eigenvalue weighted by Crippen LogP contribution is -2.28. The smallest absolute Gasteiger partial charge is 0.306 e. The number of hydrogen-bond donors (Lipinski definition) is 1. The number of carbonyl (C=O) groups excluding carboxylic acids is 2. The lowest BCUT2D eigenvalue weighted by atomic mass is 10.0. The fourth-order valence-corrected chi connectivity index (χ4v) is 7.55. The van der Waals surface area contributed by atoms with E-state index in [1.807, 2.05) is 0 Å². The van der Waals surface area contributed by atoms with Crippen molar-refractivity contribution in [1.82, 2.24) is 0 Å². The molecule has 0 aliphatic rings. The SMILES string of the molecule is CCCCCCCCCC/C=C\CCCCCCCCCCCCCCCC(=O)OC(CO)COC(=O)CCCCCCCCCCCCCCCCCC. The lowest BCUT2D eigenvalue weighted by Gasteiger charge is -2.15. The number of hydrogen-bond acceptors (Lipinski definition) is 5. The predicted molar refractivity (Wildman–Crippen MR) is 238 cm³/mol. The van der Waals surface area contributed by atoms with E-state index in [1.54, 1.807) is 0 Å². The van der Waals surface area contributed by atoms with Crippen molar-refractivity contribution in [1.29, 1.82) is 0 Å². The van der Waals surface area contributed by atoms with Crippen LogP contribution >= 0.6 is 0 Å². The summed E-state index contributed by atoms with van der Waals surface area (Å²) in [4.78, 5) is 24.4. The molecule has 0 spiro atoms. The molecule has 5 heteroatoms. The minimum absolute atomic E-state index is 0.0585. The van der Waals surface area contributed by atoms with Gasteiger partial charge in [-0.15, -0.1) is 0 Å².